The minimum absolute atomic E-state index is 0.542. The van der Waals surface area contributed by atoms with Crippen molar-refractivity contribution in [3.8, 4) is 0 Å². The van der Waals surface area contributed by atoms with Gasteiger partial charge in [-0.25, -0.2) is 5.01 Å². The lowest BCUT2D eigenvalue weighted by molar-refractivity contribution is 0.0736. The fourth-order valence-corrected chi connectivity index (χ4v) is 2.75. The van der Waals surface area contributed by atoms with E-state index in [2.05, 4.69) is 41.7 Å². The first-order valence-corrected chi connectivity index (χ1v) is 7.44. The van der Waals surface area contributed by atoms with E-state index in [9.17, 15) is 0 Å². The summed E-state index contributed by atoms with van der Waals surface area (Å²) in [7, 11) is 0. The van der Waals surface area contributed by atoms with Crippen molar-refractivity contribution < 1.29 is 0 Å². The molecule has 1 aromatic rings. The fourth-order valence-electron chi connectivity index (χ4n) is 2.58. The van der Waals surface area contributed by atoms with Crippen LogP contribution in [0.15, 0.2) is 30.3 Å². The van der Waals surface area contributed by atoms with Crippen LogP contribution < -0.4 is 10.7 Å². The second kappa shape index (κ2) is 6.87. The first-order chi connectivity index (χ1) is 9.16. The fraction of sp³-hybridized carbons (Fsp3) is 0.533. The molecule has 1 aromatic carbocycles. The smallest absolute Gasteiger partial charge is 0.181 e. The summed E-state index contributed by atoms with van der Waals surface area (Å²) >= 11 is 5.38. The molecule has 3 nitrogen and oxygen atoms in total. The Morgan fingerprint density at radius 3 is 2.47 bits per heavy atom. The number of hydrazine groups is 1. The number of benzene rings is 1. The number of hydrogen-bond acceptors (Lipinski definition) is 2. The van der Waals surface area contributed by atoms with E-state index in [1.54, 1.807) is 0 Å². The molecule has 0 bridgehead atoms. The predicted octanol–water partition coefficient (Wildman–Crippen LogP) is 2.83. The number of nitrogens with zero attached hydrogens (tertiary/aromatic N) is 1. The second-order valence-electron chi connectivity index (χ2n) is 5.32. The van der Waals surface area contributed by atoms with Crippen molar-refractivity contribution in [3.63, 3.8) is 0 Å². The summed E-state index contributed by atoms with van der Waals surface area (Å²) in [6, 6.07) is 11.4. The first kappa shape index (κ1) is 14.3. The molecule has 4 heteroatoms. The molecule has 0 saturated carbocycles. The predicted molar refractivity (Wildman–Crippen MR) is 83.6 cm³/mol. The Morgan fingerprint density at radius 2 is 1.84 bits per heavy atom. The van der Waals surface area contributed by atoms with Gasteiger partial charge < -0.3 is 5.32 Å². The number of thiocarbonyl (C=S) groups is 1. The van der Waals surface area contributed by atoms with Crippen LogP contribution in [-0.2, 0) is 6.54 Å². The van der Waals surface area contributed by atoms with Gasteiger partial charge in [-0.3, -0.25) is 5.43 Å². The molecule has 2 rings (SSSR count). The van der Waals surface area contributed by atoms with Crippen molar-refractivity contribution in [2.45, 2.75) is 51.7 Å². The average Bonchev–Trinajstić information content (AvgIpc) is 2.42. The van der Waals surface area contributed by atoms with E-state index in [0.717, 1.165) is 6.54 Å². The third-order valence-electron chi connectivity index (χ3n) is 3.72. The van der Waals surface area contributed by atoms with Crippen molar-refractivity contribution in [2.75, 3.05) is 0 Å². The second-order valence-corrected chi connectivity index (χ2v) is 5.72. The van der Waals surface area contributed by atoms with Crippen molar-refractivity contribution in [1.29, 1.82) is 0 Å². The lowest BCUT2D eigenvalue weighted by Crippen LogP contribution is -2.56. The van der Waals surface area contributed by atoms with Crippen LogP contribution in [0.5, 0.6) is 0 Å². The zero-order chi connectivity index (χ0) is 13.7. The Hall–Kier alpha value is -1.13. The number of hydrogen-bond donors (Lipinski definition) is 2. The van der Waals surface area contributed by atoms with Crippen LogP contribution in [0.1, 0.15) is 38.7 Å². The Bertz CT molecular complexity index is 397. The van der Waals surface area contributed by atoms with E-state index in [4.69, 9.17) is 12.2 Å². The summed E-state index contributed by atoms with van der Waals surface area (Å²) in [5.74, 6) is 0. The lowest BCUT2D eigenvalue weighted by Gasteiger charge is -2.39. The highest BCUT2D eigenvalue weighted by molar-refractivity contribution is 7.80. The highest BCUT2D eigenvalue weighted by Gasteiger charge is 2.24. The quantitative estimate of drug-likeness (QED) is 0.831. The zero-order valence-corrected chi connectivity index (χ0v) is 12.5. The third-order valence-corrected chi connectivity index (χ3v) is 3.96. The summed E-state index contributed by atoms with van der Waals surface area (Å²) in [6.07, 6.45) is 3.78. The van der Waals surface area contributed by atoms with E-state index in [1.807, 2.05) is 18.2 Å². The summed E-state index contributed by atoms with van der Waals surface area (Å²) < 4.78 is 0. The largest absolute Gasteiger partial charge is 0.358 e. The molecule has 0 radical (unpaired) electrons. The maximum atomic E-state index is 5.38. The summed E-state index contributed by atoms with van der Waals surface area (Å²) in [4.78, 5) is 0. The van der Waals surface area contributed by atoms with Gasteiger partial charge in [-0.1, -0.05) is 36.8 Å². The first-order valence-electron chi connectivity index (χ1n) is 7.03. The van der Waals surface area contributed by atoms with Crippen molar-refractivity contribution in [1.82, 2.24) is 15.8 Å². The van der Waals surface area contributed by atoms with Crippen LogP contribution in [0.25, 0.3) is 0 Å². The molecule has 1 fully saturated rings. The molecular weight excluding hydrogens is 254 g/mol. The zero-order valence-electron chi connectivity index (χ0n) is 11.7. The van der Waals surface area contributed by atoms with Gasteiger partial charge in [0.1, 0.15) is 0 Å². The third kappa shape index (κ3) is 4.18. The normalized spacial score (nSPS) is 23.9. The maximum absolute atomic E-state index is 5.38. The highest BCUT2D eigenvalue weighted by Crippen LogP contribution is 2.19. The van der Waals surface area contributed by atoms with Crippen LogP contribution >= 0.6 is 12.2 Å². The van der Waals surface area contributed by atoms with Crippen LogP contribution in [-0.4, -0.2) is 22.2 Å². The molecule has 1 saturated heterocycles. The number of rotatable bonds is 3. The summed E-state index contributed by atoms with van der Waals surface area (Å²) in [5, 5.41) is 6.26. The number of nitrogens with one attached hydrogen (secondary N) is 2. The summed E-state index contributed by atoms with van der Waals surface area (Å²) in [5.41, 5.74) is 4.58. The monoisotopic (exact) mass is 277 g/mol. The standard InChI is InChI=1S/C15H23N3S/c1-12-7-6-8-13(2)18(12)17-15(19)16-11-14-9-4-3-5-10-14/h3-5,9-10,12-13H,6-8,11H2,1-2H3,(H2,16,17,19)/t12-,13-/m0/s1. The van der Waals surface area contributed by atoms with Crippen LogP contribution in [0.3, 0.4) is 0 Å². The van der Waals surface area contributed by atoms with Gasteiger partial charge in [0, 0.05) is 18.6 Å². The molecular formula is C15H23N3S. The van der Waals surface area contributed by atoms with Gasteiger partial charge in [-0.2, -0.15) is 0 Å². The van der Waals surface area contributed by atoms with E-state index >= 15 is 0 Å². The Labute approximate surface area is 121 Å². The van der Waals surface area contributed by atoms with Crippen LogP contribution in [0, 0.1) is 0 Å². The van der Waals surface area contributed by atoms with Crippen molar-refractivity contribution in [2.24, 2.45) is 0 Å². The molecule has 0 amide bonds. The van der Waals surface area contributed by atoms with Gasteiger partial charge in [0.25, 0.3) is 0 Å². The van der Waals surface area contributed by atoms with Gasteiger partial charge in [0.05, 0.1) is 0 Å². The molecule has 1 aliphatic heterocycles. The van der Waals surface area contributed by atoms with Gasteiger partial charge in [-0.15, -0.1) is 0 Å². The van der Waals surface area contributed by atoms with Crippen LogP contribution in [0.2, 0.25) is 0 Å². The maximum Gasteiger partial charge on any atom is 0.181 e. The molecule has 0 spiro atoms. The molecule has 104 valence electrons. The van der Waals surface area contributed by atoms with Crippen LogP contribution in [0.4, 0.5) is 0 Å². The lowest BCUT2D eigenvalue weighted by atomic mass is 10.00. The molecule has 19 heavy (non-hydrogen) atoms. The average molecular weight is 277 g/mol. The minimum Gasteiger partial charge on any atom is -0.358 e. The van der Waals surface area contributed by atoms with E-state index in [-0.39, 0.29) is 0 Å². The van der Waals surface area contributed by atoms with Gasteiger partial charge >= 0.3 is 0 Å². The number of piperidine rings is 1. The van der Waals surface area contributed by atoms with E-state index in [1.165, 1.54) is 24.8 Å². The molecule has 2 N–H and O–H groups in total. The molecule has 0 aromatic heterocycles. The SMILES string of the molecule is C[C@H]1CCC[C@H](C)N1NC(=S)NCc1ccccc1. The molecule has 0 unspecified atom stereocenters. The van der Waals surface area contributed by atoms with E-state index < -0.39 is 0 Å². The minimum atomic E-state index is 0.542. The Balaban J connectivity index is 1.80. The highest BCUT2D eigenvalue weighted by atomic mass is 32.1. The molecule has 2 atom stereocenters. The topological polar surface area (TPSA) is 27.3 Å². The van der Waals surface area contributed by atoms with Crippen molar-refractivity contribution in [3.05, 3.63) is 35.9 Å². The van der Waals surface area contributed by atoms with E-state index in [0.29, 0.717) is 17.2 Å². The molecule has 1 heterocycles. The molecule has 1 aliphatic rings. The Kier molecular flexibility index (Phi) is 5.16. The van der Waals surface area contributed by atoms with Gasteiger partial charge in [-0.05, 0) is 44.5 Å². The summed E-state index contributed by atoms with van der Waals surface area (Å²) in [6.45, 7) is 5.27. The Morgan fingerprint density at radius 1 is 1.21 bits per heavy atom. The van der Waals surface area contributed by atoms with Gasteiger partial charge in [0.2, 0.25) is 0 Å². The molecule has 0 aliphatic carbocycles. The van der Waals surface area contributed by atoms with Crippen molar-refractivity contribution >= 4 is 17.3 Å². The van der Waals surface area contributed by atoms with Gasteiger partial charge in [0.15, 0.2) is 5.11 Å².